The van der Waals surface area contributed by atoms with Crippen LogP contribution in [-0.4, -0.2) is 11.6 Å². The average Bonchev–Trinajstić information content (AvgIpc) is 2.37. The number of allylic oxidation sites excluding steroid dienone is 10. The fraction of sp³-hybridized carbons (Fsp3) is 0. The van der Waals surface area contributed by atoms with Crippen LogP contribution in [-0.2, 0) is 9.59 Å². The fourth-order valence-electron chi connectivity index (χ4n) is 1.64. The van der Waals surface area contributed by atoms with Gasteiger partial charge in [-0.1, -0.05) is 62.8 Å². The molecule has 0 spiro atoms. The summed E-state index contributed by atoms with van der Waals surface area (Å²) in [5.41, 5.74) is 1.01. The highest BCUT2D eigenvalue weighted by atomic mass is 16.1. The van der Waals surface area contributed by atoms with E-state index < -0.39 is 0 Å². The molecular weight excluding hydrogens is 224 g/mol. The van der Waals surface area contributed by atoms with E-state index in [0.717, 1.165) is 0 Å². The lowest BCUT2D eigenvalue weighted by Gasteiger charge is -2.18. The Morgan fingerprint density at radius 3 is 2.06 bits per heavy atom. The van der Waals surface area contributed by atoms with Crippen LogP contribution in [0.3, 0.4) is 0 Å². The minimum absolute atomic E-state index is 0.172. The Hall–Kier alpha value is -2.48. The van der Waals surface area contributed by atoms with Gasteiger partial charge in [-0.05, 0) is 0 Å². The normalized spacial score (nSPS) is 18.7. The first-order valence-electron chi connectivity index (χ1n) is 5.35. The monoisotopic (exact) mass is 238 g/mol. The van der Waals surface area contributed by atoms with Gasteiger partial charge < -0.3 is 0 Å². The molecule has 1 aliphatic carbocycles. The lowest BCUT2D eigenvalue weighted by Crippen LogP contribution is -2.22. The van der Waals surface area contributed by atoms with Crippen molar-refractivity contribution in [1.82, 2.24) is 0 Å². The van der Waals surface area contributed by atoms with Gasteiger partial charge in [-0.25, -0.2) is 0 Å². The molecule has 0 heterocycles. The second-order valence-corrected chi connectivity index (χ2v) is 3.58. The Morgan fingerprint density at radius 1 is 0.889 bits per heavy atom. The predicted octanol–water partition coefficient (Wildman–Crippen LogP) is 3.03. The molecule has 90 valence electrons. The van der Waals surface area contributed by atoms with E-state index in [1.165, 1.54) is 24.3 Å². The third kappa shape index (κ3) is 2.28. The number of ketones is 2. The Morgan fingerprint density at radius 2 is 1.56 bits per heavy atom. The van der Waals surface area contributed by atoms with Crippen molar-refractivity contribution in [2.45, 2.75) is 0 Å². The largest absolute Gasteiger partial charge is 0.289 e. The minimum Gasteiger partial charge on any atom is -0.289 e. The molecule has 0 aromatic rings. The number of rotatable bonds is 4. The smallest absolute Gasteiger partial charge is 0.194 e. The molecule has 0 saturated carbocycles. The van der Waals surface area contributed by atoms with Crippen LogP contribution in [0.5, 0.6) is 0 Å². The maximum absolute atomic E-state index is 12.2. The van der Waals surface area contributed by atoms with Crippen LogP contribution in [0.25, 0.3) is 0 Å². The summed E-state index contributed by atoms with van der Waals surface area (Å²) in [6.45, 7) is 14.3. The molecule has 0 bridgehead atoms. The van der Waals surface area contributed by atoms with E-state index in [2.05, 4.69) is 26.3 Å². The van der Waals surface area contributed by atoms with Gasteiger partial charge in [0.2, 0.25) is 0 Å². The van der Waals surface area contributed by atoms with Crippen molar-refractivity contribution in [3.8, 4) is 0 Å². The molecule has 1 aliphatic rings. The van der Waals surface area contributed by atoms with Crippen molar-refractivity contribution < 1.29 is 9.59 Å². The molecule has 0 fully saturated rings. The molecule has 2 nitrogen and oxygen atoms in total. The predicted molar refractivity (Wildman–Crippen MR) is 74.0 cm³/mol. The molecule has 2 heteroatoms. The minimum atomic E-state index is -0.290. The second kappa shape index (κ2) is 5.73. The maximum Gasteiger partial charge on any atom is 0.194 e. The molecule has 0 N–H and O–H groups in total. The maximum atomic E-state index is 12.2. The van der Waals surface area contributed by atoms with Gasteiger partial charge in [-0.2, -0.15) is 0 Å². The molecule has 0 amide bonds. The third-order valence-corrected chi connectivity index (χ3v) is 2.51. The van der Waals surface area contributed by atoms with E-state index in [1.807, 2.05) is 0 Å². The van der Waals surface area contributed by atoms with Gasteiger partial charge in [-0.15, -0.1) is 0 Å². The van der Waals surface area contributed by atoms with Crippen LogP contribution in [0, 0.1) is 0 Å². The second-order valence-electron chi connectivity index (χ2n) is 3.58. The van der Waals surface area contributed by atoms with Crippen LogP contribution in [0.4, 0.5) is 0 Å². The SMILES string of the molecule is C=C/C=C\C1=C(C=C)C(=O)C(=C)/C(=C\C=C)C1=O. The highest BCUT2D eigenvalue weighted by Gasteiger charge is 2.30. The first-order chi connectivity index (χ1) is 8.58. The van der Waals surface area contributed by atoms with Gasteiger partial charge in [0.05, 0.1) is 0 Å². The number of Topliss-reactive ketones (excluding diaryl/α,β-unsaturated/α-hetero) is 2. The first-order valence-corrected chi connectivity index (χ1v) is 5.35. The van der Waals surface area contributed by atoms with E-state index in [0.29, 0.717) is 5.57 Å². The molecule has 0 atom stereocenters. The van der Waals surface area contributed by atoms with Crippen LogP contribution < -0.4 is 0 Å². The summed E-state index contributed by atoms with van der Waals surface area (Å²) in [4.78, 5) is 24.3. The van der Waals surface area contributed by atoms with Crippen LogP contribution in [0.1, 0.15) is 0 Å². The third-order valence-electron chi connectivity index (χ3n) is 2.51. The van der Waals surface area contributed by atoms with E-state index in [1.54, 1.807) is 12.2 Å². The number of hydrogen-bond donors (Lipinski definition) is 0. The summed E-state index contributed by atoms with van der Waals surface area (Å²) < 4.78 is 0. The van der Waals surface area contributed by atoms with E-state index >= 15 is 0 Å². The molecule has 0 aromatic carbocycles. The van der Waals surface area contributed by atoms with Crippen molar-refractivity contribution in [2.24, 2.45) is 0 Å². The quantitative estimate of drug-likeness (QED) is 0.557. The molecule has 0 aliphatic heterocycles. The van der Waals surface area contributed by atoms with Crippen LogP contribution >= 0.6 is 0 Å². The van der Waals surface area contributed by atoms with Gasteiger partial charge in [-0.3, -0.25) is 9.59 Å². The van der Waals surface area contributed by atoms with Crippen molar-refractivity contribution >= 4 is 11.6 Å². The number of carbonyl (C=O) groups excluding carboxylic acids is 2. The average molecular weight is 238 g/mol. The Kier molecular flexibility index (Phi) is 4.33. The summed E-state index contributed by atoms with van der Waals surface area (Å²) in [6, 6.07) is 0. The van der Waals surface area contributed by atoms with Crippen LogP contribution in [0.2, 0.25) is 0 Å². The lowest BCUT2D eigenvalue weighted by molar-refractivity contribution is -0.116. The lowest BCUT2D eigenvalue weighted by atomic mass is 9.82. The molecule has 0 radical (unpaired) electrons. The first kappa shape index (κ1) is 13.6. The van der Waals surface area contributed by atoms with Gasteiger partial charge in [0.15, 0.2) is 11.6 Å². The topological polar surface area (TPSA) is 34.1 Å². The Labute approximate surface area is 107 Å². The summed E-state index contributed by atoms with van der Waals surface area (Å²) >= 11 is 0. The zero-order chi connectivity index (χ0) is 13.7. The van der Waals surface area contributed by atoms with Crippen molar-refractivity contribution in [3.63, 3.8) is 0 Å². The highest BCUT2D eigenvalue weighted by Crippen LogP contribution is 2.28. The molecule has 1 rings (SSSR count). The van der Waals surface area contributed by atoms with Gasteiger partial charge in [0.1, 0.15) is 0 Å². The van der Waals surface area contributed by atoms with Crippen molar-refractivity contribution in [3.05, 3.63) is 85.1 Å². The fourth-order valence-corrected chi connectivity index (χ4v) is 1.64. The van der Waals surface area contributed by atoms with Gasteiger partial charge in [0, 0.05) is 22.3 Å². The van der Waals surface area contributed by atoms with Crippen LogP contribution in [0.15, 0.2) is 85.1 Å². The van der Waals surface area contributed by atoms with Gasteiger partial charge in [0.25, 0.3) is 0 Å². The Bertz CT molecular complexity index is 552. The Balaban J connectivity index is 3.53. The van der Waals surface area contributed by atoms with Crippen molar-refractivity contribution in [2.75, 3.05) is 0 Å². The molecule has 0 saturated heterocycles. The molecule has 18 heavy (non-hydrogen) atoms. The summed E-state index contributed by atoms with van der Waals surface area (Å²) in [6.07, 6.45) is 9.01. The number of carbonyl (C=O) groups is 2. The van der Waals surface area contributed by atoms with E-state index in [-0.39, 0.29) is 28.3 Å². The molecule has 0 aromatic heterocycles. The highest BCUT2D eigenvalue weighted by molar-refractivity contribution is 6.31. The van der Waals surface area contributed by atoms with Crippen molar-refractivity contribution in [1.29, 1.82) is 0 Å². The summed E-state index contributed by atoms with van der Waals surface area (Å²) in [7, 11) is 0. The zero-order valence-corrected chi connectivity index (χ0v) is 10.1. The van der Waals surface area contributed by atoms with E-state index in [4.69, 9.17) is 0 Å². The summed E-state index contributed by atoms with van der Waals surface area (Å²) in [5.74, 6) is -0.547. The standard InChI is InChI=1S/C16H14O2/c1-5-8-10-14-12(7-3)15(17)11(4)13(9-6-2)16(14)18/h5-10H,1-4H2/b10-8-,13-9+. The summed E-state index contributed by atoms with van der Waals surface area (Å²) in [5, 5.41) is 0. The number of hydrogen-bond acceptors (Lipinski definition) is 2. The van der Waals surface area contributed by atoms with Gasteiger partial charge >= 0.3 is 0 Å². The molecular formula is C16H14O2. The van der Waals surface area contributed by atoms with E-state index in [9.17, 15) is 9.59 Å². The zero-order valence-electron chi connectivity index (χ0n) is 10.1. The molecule has 0 unspecified atom stereocenters.